The molecule has 0 aromatic carbocycles. The molecule has 110 valence electrons. The summed E-state index contributed by atoms with van der Waals surface area (Å²) in [5.74, 6) is 0.893. The van der Waals surface area contributed by atoms with Gasteiger partial charge >= 0.3 is 0 Å². The summed E-state index contributed by atoms with van der Waals surface area (Å²) in [6.45, 7) is 6.83. The summed E-state index contributed by atoms with van der Waals surface area (Å²) in [4.78, 5) is 16.4. The first-order chi connectivity index (χ1) is 9.08. The van der Waals surface area contributed by atoms with Crippen LogP contribution >= 0.6 is 0 Å². The highest BCUT2D eigenvalue weighted by Gasteiger charge is 2.31. The SMILES string of the molecule is CC(C)CC1NCC(=O)N1CCN(C)C1CCCC1. The van der Waals surface area contributed by atoms with Crippen LogP contribution in [0.25, 0.3) is 0 Å². The topological polar surface area (TPSA) is 35.6 Å². The van der Waals surface area contributed by atoms with Crippen LogP contribution in [0.15, 0.2) is 0 Å². The van der Waals surface area contributed by atoms with Crippen molar-refractivity contribution in [3.63, 3.8) is 0 Å². The maximum absolute atomic E-state index is 11.9. The van der Waals surface area contributed by atoms with Crippen molar-refractivity contribution in [3.05, 3.63) is 0 Å². The van der Waals surface area contributed by atoms with Crippen molar-refractivity contribution < 1.29 is 4.79 Å². The third kappa shape index (κ3) is 3.93. The molecule has 2 rings (SSSR count). The van der Waals surface area contributed by atoms with Gasteiger partial charge in [0, 0.05) is 19.1 Å². The number of hydrogen-bond donors (Lipinski definition) is 1. The minimum atomic E-state index is 0.254. The Kier molecular flexibility index (Phi) is 5.22. The normalized spacial score (nSPS) is 25.2. The summed E-state index contributed by atoms with van der Waals surface area (Å²) in [5.41, 5.74) is 0. The molecule has 1 saturated carbocycles. The van der Waals surface area contributed by atoms with Crippen LogP contribution in [-0.4, -0.2) is 54.6 Å². The van der Waals surface area contributed by atoms with Crippen molar-refractivity contribution in [2.45, 2.75) is 58.2 Å². The van der Waals surface area contributed by atoms with Gasteiger partial charge in [-0.15, -0.1) is 0 Å². The molecule has 1 aliphatic heterocycles. The molecule has 1 N–H and O–H groups in total. The molecule has 2 fully saturated rings. The molecule has 1 unspecified atom stereocenters. The number of amides is 1. The molecule has 4 nitrogen and oxygen atoms in total. The molecule has 19 heavy (non-hydrogen) atoms. The quantitative estimate of drug-likeness (QED) is 0.795. The van der Waals surface area contributed by atoms with Gasteiger partial charge in [-0.3, -0.25) is 10.1 Å². The van der Waals surface area contributed by atoms with Crippen molar-refractivity contribution in [1.29, 1.82) is 0 Å². The first-order valence-corrected chi connectivity index (χ1v) is 7.81. The highest BCUT2D eigenvalue weighted by molar-refractivity contribution is 5.80. The van der Waals surface area contributed by atoms with Crippen molar-refractivity contribution in [2.24, 2.45) is 5.92 Å². The third-order valence-corrected chi connectivity index (χ3v) is 4.52. The van der Waals surface area contributed by atoms with E-state index < -0.39 is 0 Å². The fraction of sp³-hybridized carbons (Fsp3) is 0.933. The fourth-order valence-electron chi connectivity index (χ4n) is 3.32. The Morgan fingerprint density at radius 1 is 1.37 bits per heavy atom. The zero-order valence-electron chi connectivity index (χ0n) is 12.7. The van der Waals surface area contributed by atoms with Crippen molar-refractivity contribution in [1.82, 2.24) is 15.1 Å². The van der Waals surface area contributed by atoms with E-state index in [1.165, 1.54) is 25.7 Å². The molecule has 1 saturated heterocycles. The molecule has 0 aromatic rings. The predicted octanol–water partition coefficient (Wildman–Crippen LogP) is 1.66. The van der Waals surface area contributed by atoms with Gasteiger partial charge < -0.3 is 9.80 Å². The van der Waals surface area contributed by atoms with Crippen LogP contribution < -0.4 is 5.32 Å². The van der Waals surface area contributed by atoms with Crippen LogP contribution in [0.5, 0.6) is 0 Å². The summed E-state index contributed by atoms with van der Waals surface area (Å²) in [6, 6.07) is 0.745. The number of nitrogens with zero attached hydrogens (tertiary/aromatic N) is 2. The Balaban J connectivity index is 1.80. The lowest BCUT2D eigenvalue weighted by Gasteiger charge is -2.30. The third-order valence-electron chi connectivity index (χ3n) is 4.52. The molecule has 2 aliphatic rings. The Bertz CT molecular complexity index is 300. The number of likely N-dealkylation sites (N-methyl/N-ethyl adjacent to an activating group) is 1. The summed E-state index contributed by atoms with van der Waals surface area (Å²) in [6.07, 6.45) is 6.71. The van der Waals surface area contributed by atoms with Crippen LogP contribution in [0, 0.1) is 5.92 Å². The number of carbonyl (C=O) groups is 1. The lowest BCUT2D eigenvalue weighted by molar-refractivity contribution is -0.128. The molecule has 4 heteroatoms. The highest BCUT2D eigenvalue weighted by Crippen LogP contribution is 2.22. The molecular weight excluding hydrogens is 238 g/mol. The van der Waals surface area contributed by atoms with Crippen LogP contribution in [0.1, 0.15) is 46.0 Å². The lowest BCUT2D eigenvalue weighted by atomic mass is 10.1. The first-order valence-electron chi connectivity index (χ1n) is 7.81. The molecule has 1 atom stereocenters. The number of nitrogens with one attached hydrogen (secondary N) is 1. The predicted molar refractivity (Wildman–Crippen MR) is 77.8 cm³/mol. The zero-order chi connectivity index (χ0) is 13.8. The zero-order valence-corrected chi connectivity index (χ0v) is 12.7. The second kappa shape index (κ2) is 6.71. The molecule has 1 heterocycles. The molecule has 0 spiro atoms. The molecule has 0 bridgehead atoms. The minimum Gasteiger partial charge on any atom is -0.325 e. The summed E-state index contributed by atoms with van der Waals surface area (Å²) in [7, 11) is 2.21. The number of hydrogen-bond acceptors (Lipinski definition) is 3. The van der Waals surface area contributed by atoms with Gasteiger partial charge in [-0.1, -0.05) is 26.7 Å². The van der Waals surface area contributed by atoms with E-state index in [-0.39, 0.29) is 12.1 Å². The van der Waals surface area contributed by atoms with E-state index in [0.717, 1.165) is 25.6 Å². The maximum Gasteiger partial charge on any atom is 0.237 e. The van der Waals surface area contributed by atoms with E-state index in [1.54, 1.807) is 0 Å². The van der Waals surface area contributed by atoms with E-state index in [2.05, 4.69) is 31.1 Å². The Morgan fingerprint density at radius 3 is 2.68 bits per heavy atom. The number of carbonyl (C=O) groups excluding carboxylic acids is 1. The van der Waals surface area contributed by atoms with Gasteiger partial charge in [-0.25, -0.2) is 0 Å². The van der Waals surface area contributed by atoms with E-state index in [9.17, 15) is 4.79 Å². The second-order valence-electron chi connectivity index (χ2n) is 6.53. The lowest BCUT2D eigenvalue weighted by Crippen LogP contribution is -2.43. The Labute approximate surface area is 117 Å². The second-order valence-corrected chi connectivity index (χ2v) is 6.53. The highest BCUT2D eigenvalue weighted by atomic mass is 16.2. The van der Waals surface area contributed by atoms with Crippen molar-refractivity contribution >= 4 is 5.91 Å². The molecular formula is C15H29N3O. The minimum absolute atomic E-state index is 0.254. The summed E-state index contributed by atoms with van der Waals surface area (Å²) >= 11 is 0. The molecule has 1 amide bonds. The van der Waals surface area contributed by atoms with Gasteiger partial charge in [-0.2, -0.15) is 0 Å². The van der Waals surface area contributed by atoms with E-state index >= 15 is 0 Å². The molecule has 0 aromatic heterocycles. The van der Waals surface area contributed by atoms with Gasteiger partial charge in [-0.05, 0) is 32.2 Å². The molecule has 1 aliphatic carbocycles. The van der Waals surface area contributed by atoms with Gasteiger partial charge in [0.05, 0.1) is 12.7 Å². The van der Waals surface area contributed by atoms with Crippen LogP contribution in [0.2, 0.25) is 0 Å². The maximum atomic E-state index is 11.9. The fourth-order valence-corrected chi connectivity index (χ4v) is 3.32. The monoisotopic (exact) mass is 267 g/mol. The van der Waals surface area contributed by atoms with Crippen molar-refractivity contribution in [3.8, 4) is 0 Å². The largest absolute Gasteiger partial charge is 0.325 e. The van der Waals surface area contributed by atoms with Crippen LogP contribution in [0.3, 0.4) is 0 Å². The Morgan fingerprint density at radius 2 is 2.05 bits per heavy atom. The average molecular weight is 267 g/mol. The number of rotatable bonds is 6. The summed E-state index contributed by atoms with van der Waals surface area (Å²) < 4.78 is 0. The van der Waals surface area contributed by atoms with E-state index in [1.807, 2.05) is 4.90 Å². The average Bonchev–Trinajstić information content (AvgIpc) is 2.97. The van der Waals surface area contributed by atoms with Crippen molar-refractivity contribution in [2.75, 3.05) is 26.7 Å². The Hall–Kier alpha value is -0.610. The first kappa shape index (κ1) is 14.8. The van der Waals surface area contributed by atoms with Gasteiger partial charge in [0.25, 0.3) is 0 Å². The summed E-state index contributed by atoms with van der Waals surface area (Å²) in [5, 5.41) is 3.34. The standard InChI is InChI=1S/C15H29N3O/c1-12(2)10-14-16-11-15(19)18(14)9-8-17(3)13-6-4-5-7-13/h12-14,16H,4-11H2,1-3H3. The molecule has 0 radical (unpaired) electrons. The van der Waals surface area contributed by atoms with Crippen LogP contribution in [0.4, 0.5) is 0 Å². The van der Waals surface area contributed by atoms with Gasteiger partial charge in [0.1, 0.15) is 0 Å². The van der Waals surface area contributed by atoms with Crippen LogP contribution in [-0.2, 0) is 4.79 Å². The van der Waals surface area contributed by atoms with Gasteiger partial charge in [0.2, 0.25) is 5.91 Å². The van der Waals surface area contributed by atoms with Gasteiger partial charge in [0.15, 0.2) is 0 Å². The van der Waals surface area contributed by atoms with E-state index in [0.29, 0.717) is 12.5 Å². The van der Waals surface area contributed by atoms with E-state index in [4.69, 9.17) is 0 Å². The smallest absolute Gasteiger partial charge is 0.237 e.